The van der Waals surface area contributed by atoms with Crippen molar-refractivity contribution in [1.82, 2.24) is 4.90 Å². The Kier molecular flexibility index (Phi) is 24.2. The summed E-state index contributed by atoms with van der Waals surface area (Å²) in [7, 11) is 0. The number of esters is 1. The first-order chi connectivity index (χ1) is 33.1. The Morgan fingerprint density at radius 1 is 0.671 bits per heavy atom. The maximum Gasteiger partial charge on any atom is 0.308 e. The van der Waals surface area contributed by atoms with E-state index in [0.29, 0.717) is 13.0 Å². The topological polar surface area (TPSA) is 329 Å². The number of carbonyl (C=O) groups is 2. The molecule has 0 aromatic heterocycles. The van der Waals surface area contributed by atoms with E-state index < -0.39 is 147 Å². The van der Waals surface area contributed by atoms with Crippen LogP contribution in [0.15, 0.2) is 85.1 Å². The van der Waals surface area contributed by atoms with Crippen molar-refractivity contribution in [2.45, 2.75) is 189 Å². The maximum absolute atomic E-state index is 14.1. The Morgan fingerprint density at radius 2 is 1.27 bits per heavy atom. The van der Waals surface area contributed by atoms with Gasteiger partial charge in [0.05, 0.1) is 85.5 Å². The van der Waals surface area contributed by atoms with Crippen molar-refractivity contribution in [2.24, 2.45) is 29.2 Å². The fraction of sp³-hybridized carbons (Fsp3) is 0.686. The second-order valence-corrected chi connectivity index (χ2v) is 19.6. The lowest BCUT2D eigenvalue weighted by molar-refractivity contribution is -0.308. The minimum absolute atomic E-state index is 0.0925. The number of likely N-dealkylation sites (tertiary alicyclic amines) is 1. The summed E-state index contributed by atoms with van der Waals surface area (Å²) in [6, 6.07) is -1.41. The Bertz CT molecular complexity index is 1830. The van der Waals surface area contributed by atoms with Gasteiger partial charge in [-0.3, -0.25) is 9.59 Å². The van der Waals surface area contributed by atoms with E-state index in [0.717, 1.165) is 0 Å². The molecule has 1 amide bonds. The van der Waals surface area contributed by atoms with Gasteiger partial charge in [0.25, 0.3) is 0 Å². The molecule has 0 aliphatic carbocycles. The summed E-state index contributed by atoms with van der Waals surface area (Å²) in [5.74, 6) is -5.43. The highest BCUT2D eigenvalue weighted by Gasteiger charge is 2.52. The number of rotatable bonds is 3. The summed E-state index contributed by atoms with van der Waals surface area (Å²) in [5.41, 5.74) is 12.2. The molecule has 4 aliphatic rings. The van der Waals surface area contributed by atoms with E-state index in [1.54, 1.807) is 63.3 Å². The molecule has 19 nitrogen and oxygen atoms in total. The molecular formula is C51H81N3O16. The van der Waals surface area contributed by atoms with Crippen molar-refractivity contribution in [3.63, 3.8) is 0 Å². The SMILES string of the molecule is C[C@@H]1OC(=O)CC(O)CC(O)CCC(O)C(O)CC(O)CC2(O)C[C@H](O)C(C(=O)N3CC[C@H](N)C3)[C@H](CC(O[C@@H]3O[C@H](C)C(O)[C@H](N)[C@@H]3O)/C=C/C=C/C=C/C=C/C=C/C=C/C=C/[C@H](C)C(O)[C@H]1C)O2. The monoisotopic (exact) mass is 992 g/mol. The standard InChI is InChI=1S/C51H81N3O16/c1-30-17-15-13-11-9-7-5-6-8-10-12-14-16-18-38(69-50-48(64)45(53)47(63)33(4)68-50)26-42-44(49(65)54-22-21-34(52)29-54)41(60)28-51(66,70-42)27-37(57)24-40(59)39(58)20-19-35(55)23-36(56)25-43(61)67-32(3)31(2)46(30)62/h5-18,30-42,44-48,50,55-60,62-64,66H,19-29,52-53H2,1-4H3/b6-5+,9-7+,10-8+,13-11+,14-12+,17-15+,18-16+/t30-,31-,32-,33+,34-,35?,36?,37?,38?,39?,40?,41-,42-,44?,45-,46?,47?,48-,50-,51?/m0/s1. The quantitative estimate of drug-likeness (QED) is 0.168. The zero-order valence-electron chi connectivity index (χ0n) is 40.9. The van der Waals surface area contributed by atoms with Crippen LogP contribution in [0, 0.1) is 17.8 Å². The van der Waals surface area contributed by atoms with Gasteiger partial charge in [-0.15, -0.1) is 0 Å². The Morgan fingerprint density at radius 3 is 1.87 bits per heavy atom. The predicted molar refractivity (Wildman–Crippen MR) is 259 cm³/mol. The smallest absolute Gasteiger partial charge is 0.308 e. The largest absolute Gasteiger partial charge is 0.462 e. The minimum atomic E-state index is -2.26. The summed E-state index contributed by atoms with van der Waals surface area (Å²) in [4.78, 5) is 28.3. The van der Waals surface area contributed by atoms with Crippen LogP contribution in [0.3, 0.4) is 0 Å². The van der Waals surface area contributed by atoms with Crippen LogP contribution in [0.2, 0.25) is 0 Å². The van der Waals surface area contributed by atoms with E-state index in [4.69, 9.17) is 30.4 Å². The van der Waals surface area contributed by atoms with Gasteiger partial charge in [0.15, 0.2) is 12.1 Å². The number of ether oxygens (including phenoxy) is 4. The molecule has 20 atom stereocenters. The second kappa shape index (κ2) is 28.7. The number of fused-ring (bicyclic) bond motifs is 2. The Balaban J connectivity index is 1.60. The molecule has 0 aromatic carbocycles. The van der Waals surface area contributed by atoms with E-state index in [2.05, 4.69) is 0 Å². The first-order valence-corrected chi connectivity index (χ1v) is 24.6. The van der Waals surface area contributed by atoms with Crippen molar-refractivity contribution < 1.29 is 79.6 Å². The van der Waals surface area contributed by atoms with Crippen LogP contribution in [0.5, 0.6) is 0 Å². The lowest BCUT2D eigenvalue weighted by Crippen LogP contribution is -2.62. The number of aliphatic hydroxyl groups is 10. The average molecular weight is 992 g/mol. The zero-order valence-corrected chi connectivity index (χ0v) is 40.9. The summed E-state index contributed by atoms with van der Waals surface area (Å²) in [5, 5.41) is 110. The Labute approximate surface area is 411 Å². The van der Waals surface area contributed by atoms with Crippen molar-refractivity contribution in [3.8, 4) is 0 Å². The number of hydrogen-bond acceptors (Lipinski definition) is 18. The van der Waals surface area contributed by atoms with Gasteiger partial charge in [-0.2, -0.15) is 0 Å². The summed E-state index contributed by atoms with van der Waals surface area (Å²) in [6.07, 6.45) is 5.46. The van der Waals surface area contributed by atoms with Gasteiger partial charge in [0.1, 0.15) is 12.2 Å². The first-order valence-electron chi connectivity index (χ1n) is 24.6. The average Bonchev–Trinajstić information content (AvgIpc) is 3.73. The lowest BCUT2D eigenvalue weighted by atomic mass is 9.81. The number of allylic oxidation sites excluding steroid dienone is 12. The zero-order chi connectivity index (χ0) is 51.7. The third kappa shape index (κ3) is 18.5. The van der Waals surface area contributed by atoms with Gasteiger partial charge < -0.3 is 86.4 Å². The van der Waals surface area contributed by atoms with Crippen molar-refractivity contribution in [3.05, 3.63) is 85.1 Å². The molecule has 14 N–H and O–H groups in total. The summed E-state index contributed by atoms with van der Waals surface area (Å²) in [6.45, 7) is 7.36. The molecular weight excluding hydrogens is 911 g/mol. The van der Waals surface area contributed by atoms with Gasteiger partial charge in [-0.25, -0.2) is 0 Å². The van der Waals surface area contributed by atoms with E-state index in [1.807, 2.05) is 49.5 Å². The van der Waals surface area contributed by atoms with Crippen molar-refractivity contribution in [1.29, 1.82) is 0 Å². The molecule has 4 heterocycles. The minimum Gasteiger partial charge on any atom is -0.462 e. The van der Waals surface area contributed by atoms with Crippen LogP contribution in [-0.2, 0) is 28.5 Å². The Hall–Kier alpha value is -3.48. The van der Waals surface area contributed by atoms with Crippen LogP contribution in [0.4, 0.5) is 0 Å². The van der Waals surface area contributed by atoms with E-state index in [1.165, 1.54) is 4.90 Å². The number of carbonyl (C=O) groups excluding carboxylic acids is 2. The maximum atomic E-state index is 14.1. The third-order valence-corrected chi connectivity index (χ3v) is 13.6. The highest BCUT2D eigenvalue weighted by atomic mass is 16.7. The molecule has 2 bridgehead atoms. The number of nitrogens with zero attached hydrogens (tertiary/aromatic N) is 1. The summed E-state index contributed by atoms with van der Waals surface area (Å²) >= 11 is 0. The van der Waals surface area contributed by atoms with Crippen LogP contribution in [-0.4, -0.2) is 184 Å². The van der Waals surface area contributed by atoms with Crippen molar-refractivity contribution >= 4 is 11.9 Å². The molecule has 0 saturated carbocycles. The molecule has 0 spiro atoms. The molecule has 70 heavy (non-hydrogen) atoms. The molecule has 19 heteroatoms. The number of amides is 1. The van der Waals surface area contributed by atoms with E-state index >= 15 is 0 Å². The summed E-state index contributed by atoms with van der Waals surface area (Å²) < 4.78 is 23.8. The van der Waals surface area contributed by atoms with Crippen molar-refractivity contribution in [2.75, 3.05) is 13.1 Å². The van der Waals surface area contributed by atoms with Crippen LogP contribution < -0.4 is 11.5 Å². The second-order valence-electron chi connectivity index (χ2n) is 19.6. The first kappa shape index (κ1) is 59.1. The highest BCUT2D eigenvalue weighted by molar-refractivity contribution is 5.80. The number of cyclic esters (lactones) is 1. The molecule has 396 valence electrons. The molecule has 0 radical (unpaired) electrons. The number of hydrogen-bond donors (Lipinski definition) is 12. The third-order valence-electron chi connectivity index (χ3n) is 13.6. The predicted octanol–water partition coefficient (Wildman–Crippen LogP) is 0.187. The normalized spacial score (nSPS) is 45.3. The van der Waals surface area contributed by atoms with Gasteiger partial charge in [-0.05, 0) is 39.5 Å². The fourth-order valence-corrected chi connectivity index (χ4v) is 9.17. The molecule has 4 aliphatic heterocycles. The molecule has 4 rings (SSSR count). The van der Waals surface area contributed by atoms with E-state index in [9.17, 15) is 60.7 Å². The van der Waals surface area contributed by atoms with Gasteiger partial charge in [-0.1, -0.05) is 98.9 Å². The fourth-order valence-electron chi connectivity index (χ4n) is 9.17. The molecule has 3 fully saturated rings. The molecule has 3 saturated heterocycles. The van der Waals surface area contributed by atoms with Gasteiger partial charge in [0, 0.05) is 56.7 Å². The van der Waals surface area contributed by atoms with Gasteiger partial charge in [0.2, 0.25) is 5.91 Å². The van der Waals surface area contributed by atoms with Crippen LogP contribution >= 0.6 is 0 Å². The number of nitrogens with two attached hydrogens (primary N) is 2. The van der Waals surface area contributed by atoms with E-state index in [-0.39, 0.29) is 44.2 Å². The lowest BCUT2D eigenvalue weighted by Gasteiger charge is -2.46. The highest BCUT2D eigenvalue weighted by Crippen LogP contribution is 2.39. The van der Waals surface area contributed by atoms with Crippen LogP contribution in [0.1, 0.15) is 85.5 Å². The van der Waals surface area contributed by atoms with Crippen LogP contribution in [0.25, 0.3) is 0 Å². The van der Waals surface area contributed by atoms with Gasteiger partial charge >= 0.3 is 5.97 Å². The number of aliphatic hydroxyl groups excluding tert-OH is 9. The molecule has 10 unspecified atom stereocenters. The molecule has 0 aromatic rings.